The number of hydrogen-bond donors (Lipinski definition) is 3. The third kappa shape index (κ3) is 5.62. The number of hydrogen-bond acceptors (Lipinski definition) is 8. The molecular weight excluding hydrogens is 523 g/mol. The fourth-order valence-electron chi connectivity index (χ4n) is 2.85. The Morgan fingerprint density at radius 3 is 2.59 bits per heavy atom. The molecule has 0 atom stereocenters. The quantitative estimate of drug-likeness (QED) is 0.117. The van der Waals surface area contributed by atoms with Crippen LogP contribution < -0.4 is 10.7 Å². The predicted octanol–water partition coefficient (Wildman–Crippen LogP) is 5.83. The number of rotatable bonds is 6. The largest absolute Gasteiger partial charge is 0.506 e. The number of hydrazone groups is 1. The second kappa shape index (κ2) is 10.8. The van der Waals surface area contributed by atoms with Gasteiger partial charge in [-0.25, -0.2) is 4.79 Å². The number of ether oxygens (including phenoxy) is 1. The van der Waals surface area contributed by atoms with Gasteiger partial charge < -0.3 is 15.2 Å². The first-order valence-electron chi connectivity index (χ1n) is 9.36. The molecule has 0 aliphatic carbocycles. The summed E-state index contributed by atoms with van der Waals surface area (Å²) in [7, 11) is 1.14. The fourth-order valence-corrected chi connectivity index (χ4v) is 4.31. The van der Waals surface area contributed by atoms with Crippen LogP contribution in [0.25, 0.3) is 10.4 Å². The van der Waals surface area contributed by atoms with Crippen LogP contribution in [0, 0.1) is 10.1 Å². The van der Waals surface area contributed by atoms with Gasteiger partial charge in [0.25, 0.3) is 5.69 Å². The van der Waals surface area contributed by atoms with E-state index < -0.39 is 16.6 Å². The monoisotopic (exact) mass is 538 g/mol. The van der Waals surface area contributed by atoms with Gasteiger partial charge in [0, 0.05) is 17.1 Å². The minimum atomic E-state index is -0.824. The lowest BCUT2D eigenvalue weighted by molar-refractivity contribution is -0.385. The molecule has 0 aliphatic rings. The molecule has 0 saturated heterocycles. The SMILES string of the molecule is COC(=O)c1ccc(NC(=S)N/N=C(\C)c2csc(-c3ccc(Cl)c(Cl)c3)c2O)cc1[N+](=O)[O-]. The molecule has 0 fully saturated rings. The molecule has 0 saturated carbocycles. The lowest BCUT2D eigenvalue weighted by Crippen LogP contribution is -2.25. The zero-order valence-electron chi connectivity index (χ0n) is 17.6. The Labute approximate surface area is 213 Å². The normalized spacial score (nSPS) is 11.1. The molecule has 0 spiro atoms. The molecule has 0 amide bonds. The number of halogens is 2. The molecule has 176 valence electrons. The van der Waals surface area contributed by atoms with Crippen LogP contribution in [0.4, 0.5) is 11.4 Å². The molecule has 34 heavy (non-hydrogen) atoms. The smallest absolute Gasteiger partial charge is 0.344 e. The van der Waals surface area contributed by atoms with E-state index in [1.54, 1.807) is 30.5 Å². The van der Waals surface area contributed by atoms with Crippen molar-refractivity contribution >= 4 is 74.9 Å². The van der Waals surface area contributed by atoms with Crippen molar-refractivity contribution < 1.29 is 19.6 Å². The number of anilines is 1. The third-order valence-electron chi connectivity index (χ3n) is 4.52. The first kappa shape index (κ1) is 25.4. The molecule has 9 nitrogen and oxygen atoms in total. The molecule has 3 aromatic rings. The van der Waals surface area contributed by atoms with Gasteiger partial charge in [-0.1, -0.05) is 29.3 Å². The summed E-state index contributed by atoms with van der Waals surface area (Å²) in [6.07, 6.45) is 0. The van der Waals surface area contributed by atoms with Crippen LogP contribution in [0.1, 0.15) is 22.8 Å². The number of nitrogens with one attached hydrogen (secondary N) is 2. The Morgan fingerprint density at radius 2 is 1.94 bits per heavy atom. The van der Waals surface area contributed by atoms with Gasteiger partial charge in [-0.15, -0.1) is 11.3 Å². The standard InChI is InChI=1S/C21H16Cl2N4O5S2/c1-10(14-9-34-19(18(14)28)11-3-6-15(22)16(23)7-11)25-26-21(33)24-12-4-5-13(20(29)32-2)17(8-12)27(30)31/h3-9,28H,1-2H3,(H2,24,26,33)/b25-10+. The van der Waals surface area contributed by atoms with Crippen LogP contribution in [-0.4, -0.2) is 33.9 Å². The Kier molecular flexibility index (Phi) is 8.05. The summed E-state index contributed by atoms with van der Waals surface area (Å²) in [5, 5.41) is 31.4. The van der Waals surface area contributed by atoms with E-state index in [0.29, 0.717) is 31.8 Å². The molecule has 13 heteroatoms. The number of nitro benzene ring substituents is 1. The molecule has 2 aromatic carbocycles. The maximum Gasteiger partial charge on any atom is 0.344 e. The average molecular weight is 539 g/mol. The molecule has 3 rings (SSSR count). The molecule has 3 N–H and O–H groups in total. The fraction of sp³-hybridized carbons (Fsp3) is 0.0952. The minimum Gasteiger partial charge on any atom is -0.506 e. The van der Waals surface area contributed by atoms with Crippen molar-refractivity contribution in [3.63, 3.8) is 0 Å². The highest BCUT2D eigenvalue weighted by Crippen LogP contribution is 2.40. The number of methoxy groups -OCH3 is 1. The van der Waals surface area contributed by atoms with Crippen LogP contribution in [0.3, 0.4) is 0 Å². The summed E-state index contributed by atoms with van der Waals surface area (Å²) in [4.78, 5) is 22.9. The second-order valence-corrected chi connectivity index (χ2v) is 8.80. The van der Waals surface area contributed by atoms with E-state index >= 15 is 0 Å². The zero-order valence-corrected chi connectivity index (χ0v) is 20.7. The van der Waals surface area contributed by atoms with Gasteiger partial charge in [-0.3, -0.25) is 15.5 Å². The number of aromatic hydroxyl groups is 1. The van der Waals surface area contributed by atoms with Crippen molar-refractivity contribution in [3.05, 3.63) is 73.1 Å². The molecule has 0 aliphatic heterocycles. The van der Waals surface area contributed by atoms with Crippen molar-refractivity contribution in [2.24, 2.45) is 5.10 Å². The number of thiophene rings is 1. The van der Waals surface area contributed by atoms with E-state index in [2.05, 4.69) is 20.6 Å². The van der Waals surface area contributed by atoms with Gasteiger partial charge in [-0.2, -0.15) is 5.10 Å². The number of carbonyl (C=O) groups excluding carboxylic acids is 1. The maximum absolute atomic E-state index is 11.7. The van der Waals surface area contributed by atoms with Crippen LogP contribution in [0.15, 0.2) is 46.9 Å². The zero-order chi connectivity index (χ0) is 25.0. The summed E-state index contributed by atoms with van der Waals surface area (Å²) in [6, 6.07) is 8.92. The van der Waals surface area contributed by atoms with Crippen molar-refractivity contribution in [3.8, 4) is 16.2 Å². The maximum atomic E-state index is 11.7. The van der Waals surface area contributed by atoms with Crippen molar-refractivity contribution in [2.45, 2.75) is 6.92 Å². The molecule has 1 aromatic heterocycles. The van der Waals surface area contributed by atoms with E-state index in [0.717, 1.165) is 13.2 Å². The average Bonchev–Trinajstić information content (AvgIpc) is 3.20. The molecule has 0 bridgehead atoms. The number of nitro groups is 1. The topological polar surface area (TPSA) is 126 Å². The van der Waals surface area contributed by atoms with Gasteiger partial charge in [0.05, 0.1) is 38.2 Å². The van der Waals surface area contributed by atoms with Crippen molar-refractivity contribution in [1.29, 1.82) is 0 Å². The Morgan fingerprint density at radius 1 is 1.21 bits per heavy atom. The van der Waals surface area contributed by atoms with Gasteiger partial charge in [-0.05, 0) is 49.0 Å². The number of nitrogens with zero attached hydrogens (tertiary/aromatic N) is 2. The Bertz CT molecular complexity index is 1330. The van der Waals surface area contributed by atoms with Crippen LogP contribution >= 0.6 is 46.8 Å². The number of thiocarbonyl (C=S) groups is 1. The summed E-state index contributed by atoms with van der Waals surface area (Å²) in [6.45, 7) is 1.67. The number of carbonyl (C=O) groups is 1. The molecule has 1 heterocycles. The minimum absolute atomic E-state index is 0.0272. The molecule has 0 unspecified atom stereocenters. The lowest BCUT2D eigenvalue weighted by Gasteiger charge is -2.09. The predicted molar refractivity (Wildman–Crippen MR) is 137 cm³/mol. The highest BCUT2D eigenvalue weighted by Gasteiger charge is 2.21. The molecular formula is C21H16Cl2N4O5S2. The van der Waals surface area contributed by atoms with E-state index in [-0.39, 0.29) is 22.1 Å². The Hall–Kier alpha value is -3.25. The van der Waals surface area contributed by atoms with Gasteiger partial charge in [0.2, 0.25) is 0 Å². The van der Waals surface area contributed by atoms with Gasteiger partial charge in [0.15, 0.2) is 5.11 Å². The highest BCUT2D eigenvalue weighted by molar-refractivity contribution is 7.80. The van der Waals surface area contributed by atoms with Gasteiger partial charge in [0.1, 0.15) is 11.3 Å². The van der Waals surface area contributed by atoms with E-state index in [1.807, 2.05) is 0 Å². The summed E-state index contributed by atoms with van der Waals surface area (Å²) in [5.74, 6) is -0.797. The van der Waals surface area contributed by atoms with E-state index in [4.69, 9.17) is 35.4 Å². The van der Waals surface area contributed by atoms with Crippen LogP contribution in [0.5, 0.6) is 5.75 Å². The first-order chi connectivity index (χ1) is 16.1. The van der Waals surface area contributed by atoms with Crippen LogP contribution in [-0.2, 0) is 4.74 Å². The molecule has 0 radical (unpaired) electrons. The number of benzene rings is 2. The summed E-state index contributed by atoms with van der Waals surface area (Å²) >= 11 is 18.5. The van der Waals surface area contributed by atoms with Gasteiger partial charge >= 0.3 is 5.97 Å². The Balaban J connectivity index is 1.74. The van der Waals surface area contributed by atoms with E-state index in [1.165, 1.54) is 23.5 Å². The number of esters is 1. The van der Waals surface area contributed by atoms with Crippen molar-refractivity contribution in [2.75, 3.05) is 12.4 Å². The third-order valence-corrected chi connectivity index (χ3v) is 6.47. The lowest BCUT2D eigenvalue weighted by atomic mass is 10.1. The van der Waals surface area contributed by atoms with E-state index in [9.17, 15) is 20.0 Å². The van der Waals surface area contributed by atoms with Crippen LogP contribution in [0.2, 0.25) is 10.0 Å². The summed E-state index contributed by atoms with van der Waals surface area (Å²) in [5.41, 5.74) is 3.91. The first-order valence-corrected chi connectivity index (χ1v) is 11.4. The highest BCUT2D eigenvalue weighted by atomic mass is 35.5. The van der Waals surface area contributed by atoms with Crippen molar-refractivity contribution in [1.82, 2.24) is 5.43 Å². The second-order valence-electron chi connectivity index (χ2n) is 6.70. The summed E-state index contributed by atoms with van der Waals surface area (Å²) < 4.78 is 4.55.